The minimum atomic E-state index is -0.897. The number of rotatable bonds is 6. The summed E-state index contributed by atoms with van der Waals surface area (Å²) in [5, 5.41) is 3.11. The topological polar surface area (TPSA) is 75.4 Å². The van der Waals surface area contributed by atoms with Crippen LogP contribution in [0.1, 0.15) is 32.3 Å². The van der Waals surface area contributed by atoms with Crippen LogP contribution in [0, 0.1) is 11.7 Å². The van der Waals surface area contributed by atoms with Gasteiger partial charge >= 0.3 is 0 Å². The molecule has 1 aliphatic rings. The molecular weight excluding hydrogens is 345 g/mol. The molecule has 1 unspecified atom stereocenters. The molecule has 2 amide bonds. The minimum Gasteiger partial charge on any atom is -0.354 e. The molecule has 2 rings (SSSR count). The molecule has 1 atom stereocenters. The summed E-state index contributed by atoms with van der Waals surface area (Å²) in [4.78, 5) is 25.1. The molecule has 25 heavy (non-hydrogen) atoms. The first-order valence-corrected chi connectivity index (χ1v) is 8.82. The van der Waals surface area contributed by atoms with Crippen molar-refractivity contribution in [2.75, 3.05) is 19.6 Å². The molecule has 1 heterocycles. The van der Waals surface area contributed by atoms with E-state index in [9.17, 15) is 14.0 Å². The highest BCUT2D eigenvalue weighted by atomic mass is 35.5. The number of carbonyl (C=O) groups is 2. The van der Waals surface area contributed by atoms with Crippen molar-refractivity contribution in [3.8, 4) is 0 Å². The number of carbonyl (C=O) groups excluding carboxylic acids is 2. The van der Waals surface area contributed by atoms with Crippen LogP contribution >= 0.6 is 11.6 Å². The summed E-state index contributed by atoms with van der Waals surface area (Å²) < 4.78 is 13.2. The largest absolute Gasteiger partial charge is 0.354 e. The maximum Gasteiger partial charge on any atom is 0.230 e. The highest BCUT2D eigenvalue weighted by molar-refractivity contribution is 6.31. The molecule has 1 aromatic rings. The summed E-state index contributed by atoms with van der Waals surface area (Å²) in [6.45, 7) is 5.25. The number of benzene rings is 1. The zero-order chi connectivity index (χ0) is 18.6. The van der Waals surface area contributed by atoms with E-state index in [2.05, 4.69) is 5.32 Å². The van der Waals surface area contributed by atoms with E-state index in [1.165, 1.54) is 18.2 Å². The standard InChI is InChI=1S/C18H25ClFN3O2/c1-18(2,14-4-3-13(20)9-15(14)19)17(25)22-10-16(21)12-5-7-23(11-24)8-6-12/h3-4,9,11-12,16H,5-8,10,21H2,1-2H3,(H,22,25). The lowest BCUT2D eigenvalue weighted by Crippen LogP contribution is -2.49. The van der Waals surface area contributed by atoms with Gasteiger partial charge in [0.25, 0.3) is 0 Å². The Bertz CT molecular complexity index is 631. The molecule has 0 spiro atoms. The van der Waals surface area contributed by atoms with Crippen molar-refractivity contribution < 1.29 is 14.0 Å². The molecule has 3 N–H and O–H groups in total. The smallest absolute Gasteiger partial charge is 0.230 e. The lowest BCUT2D eigenvalue weighted by molar-refractivity contribution is -0.125. The third-order valence-electron chi connectivity index (χ3n) is 5.00. The Hall–Kier alpha value is -1.66. The van der Waals surface area contributed by atoms with E-state index >= 15 is 0 Å². The number of nitrogens with one attached hydrogen (secondary N) is 1. The van der Waals surface area contributed by atoms with Crippen molar-refractivity contribution in [1.82, 2.24) is 10.2 Å². The summed E-state index contributed by atoms with van der Waals surface area (Å²) in [5.41, 5.74) is 5.89. The van der Waals surface area contributed by atoms with Crippen LogP contribution in [0.4, 0.5) is 4.39 Å². The highest BCUT2D eigenvalue weighted by Gasteiger charge is 2.33. The number of nitrogens with two attached hydrogens (primary N) is 1. The van der Waals surface area contributed by atoms with Gasteiger partial charge in [-0.2, -0.15) is 0 Å². The normalized spacial score (nSPS) is 17.2. The van der Waals surface area contributed by atoms with Gasteiger partial charge in [-0.1, -0.05) is 17.7 Å². The van der Waals surface area contributed by atoms with Crippen molar-refractivity contribution in [2.24, 2.45) is 11.7 Å². The molecule has 1 aliphatic heterocycles. The zero-order valence-electron chi connectivity index (χ0n) is 14.6. The number of likely N-dealkylation sites (tertiary alicyclic amines) is 1. The molecular formula is C18H25ClFN3O2. The van der Waals surface area contributed by atoms with Gasteiger partial charge in [-0.25, -0.2) is 4.39 Å². The van der Waals surface area contributed by atoms with Crippen LogP contribution in [-0.2, 0) is 15.0 Å². The van der Waals surface area contributed by atoms with Crippen molar-refractivity contribution in [1.29, 1.82) is 0 Å². The summed E-state index contributed by atoms with van der Waals surface area (Å²) >= 11 is 6.09. The number of piperidine rings is 1. The fourth-order valence-corrected chi connectivity index (χ4v) is 3.57. The summed E-state index contributed by atoms with van der Waals surface area (Å²) in [6, 6.07) is 3.87. The number of amides is 2. The average Bonchev–Trinajstić information content (AvgIpc) is 2.59. The molecule has 1 fully saturated rings. The Morgan fingerprint density at radius 1 is 1.48 bits per heavy atom. The number of halogens is 2. The van der Waals surface area contributed by atoms with Gasteiger partial charge in [0, 0.05) is 30.7 Å². The minimum absolute atomic E-state index is 0.169. The average molecular weight is 370 g/mol. The van der Waals surface area contributed by atoms with E-state index in [1.54, 1.807) is 18.7 Å². The Morgan fingerprint density at radius 2 is 2.12 bits per heavy atom. The van der Waals surface area contributed by atoms with Gasteiger partial charge in [0.05, 0.1) is 5.41 Å². The van der Waals surface area contributed by atoms with Crippen molar-refractivity contribution in [2.45, 2.75) is 38.1 Å². The van der Waals surface area contributed by atoms with E-state index in [0.29, 0.717) is 25.2 Å². The lowest BCUT2D eigenvalue weighted by atomic mass is 9.83. The quantitative estimate of drug-likeness (QED) is 0.754. The first kappa shape index (κ1) is 19.7. The fraction of sp³-hybridized carbons (Fsp3) is 0.556. The predicted molar refractivity (Wildman–Crippen MR) is 95.8 cm³/mol. The molecule has 0 bridgehead atoms. The zero-order valence-corrected chi connectivity index (χ0v) is 15.4. The van der Waals surface area contributed by atoms with Crippen LogP contribution in [0.3, 0.4) is 0 Å². The second-order valence-corrected chi connectivity index (χ2v) is 7.51. The van der Waals surface area contributed by atoms with Gasteiger partial charge in [-0.15, -0.1) is 0 Å². The maximum absolute atomic E-state index is 13.2. The Kier molecular flexibility index (Phi) is 6.41. The monoisotopic (exact) mass is 369 g/mol. The van der Waals surface area contributed by atoms with Crippen LogP contribution in [0.15, 0.2) is 18.2 Å². The van der Waals surface area contributed by atoms with E-state index in [-0.39, 0.29) is 22.9 Å². The van der Waals surface area contributed by atoms with E-state index in [1.807, 2.05) is 0 Å². The maximum atomic E-state index is 13.2. The van der Waals surface area contributed by atoms with Crippen LogP contribution < -0.4 is 11.1 Å². The van der Waals surface area contributed by atoms with E-state index in [0.717, 1.165) is 19.3 Å². The Balaban J connectivity index is 1.93. The van der Waals surface area contributed by atoms with Crippen LogP contribution in [0.25, 0.3) is 0 Å². The van der Waals surface area contributed by atoms with Gasteiger partial charge in [0.1, 0.15) is 5.82 Å². The second-order valence-electron chi connectivity index (χ2n) is 7.10. The second kappa shape index (κ2) is 8.15. The number of nitrogens with zero attached hydrogens (tertiary/aromatic N) is 1. The van der Waals surface area contributed by atoms with Gasteiger partial charge < -0.3 is 16.0 Å². The van der Waals surface area contributed by atoms with E-state index < -0.39 is 11.2 Å². The third-order valence-corrected chi connectivity index (χ3v) is 5.31. The lowest BCUT2D eigenvalue weighted by Gasteiger charge is -2.33. The summed E-state index contributed by atoms with van der Waals surface area (Å²) in [6.07, 6.45) is 2.53. The van der Waals surface area contributed by atoms with E-state index in [4.69, 9.17) is 17.3 Å². The third kappa shape index (κ3) is 4.70. The Labute approximate surface area is 152 Å². The van der Waals surface area contributed by atoms with Crippen LogP contribution in [-0.4, -0.2) is 42.9 Å². The molecule has 0 saturated carbocycles. The predicted octanol–water partition coefficient (Wildman–Crippen LogP) is 2.07. The molecule has 7 heteroatoms. The summed E-state index contributed by atoms with van der Waals surface area (Å²) in [7, 11) is 0. The SMILES string of the molecule is CC(C)(C(=O)NCC(N)C1CCN(C=O)CC1)c1ccc(F)cc1Cl. The van der Waals surface area contributed by atoms with Gasteiger partial charge in [-0.05, 0) is 50.3 Å². The van der Waals surface area contributed by atoms with Gasteiger partial charge in [0.15, 0.2) is 0 Å². The molecule has 5 nitrogen and oxygen atoms in total. The molecule has 0 radical (unpaired) electrons. The van der Waals surface area contributed by atoms with Gasteiger partial charge in [0.2, 0.25) is 12.3 Å². The first-order chi connectivity index (χ1) is 11.8. The molecule has 138 valence electrons. The van der Waals surface area contributed by atoms with Crippen molar-refractivity contribution in [3.63, 3.8) is 0 Å². The molecule has 1 aromatic carbocycles. The van der Waals surface area contributed by atoms with Crippen molar-refractivity contribution in [3.05, 3.63) is 34.6 Å². The van der Waals surface area contributed by atoms with Crippen molar-refractivity contribution >= 4 is 23.9 Å². The number of hydrogen-bond acceptors (Lipinski definition) is 3. The fourth-order valence-electron chi connectivity index (χ4n) is 3.17. The van der Waals surface area contributed by atoms with Crippen LogP contribution in [0.2, 0.25) is 5.02 Å². The molecule has 1 saturated heterocycles. The first-order valence-electron chi connectivity index (χ1n) is 8.44. The Morgan fingerprint density at radius 3 is 2.68 bits per heavy atom. The molecule has 0 aliphatic carbocycles. The van der Waals surface area contributed by atoms with Crippen LogP contribution in [0.5, 0.6) is 0 Å². The highest BCUT2D eigenvalue weighted by Crippen LogP contribution is 2.30. The summed E-state index contributed by atoms with van der Waals surface area (Å²) in [5.74, 6) is -0.371. The number of hydrogen-bond donors (Lipinski definition) is 2. The molecule has 0 aromatic heterocycles. The van der Waals surface area contributed by atoms with Gasteiger partial charge in [-0.3, -0.25) is 9.59 Å².